The summed E-state index contributed by atoms with van der Waals surface area (Å²) < 4.78 is 0. The molecule has 0 aromatic rings. The Bertz CT molecular complexity index is 222. The van der Waals surface area contributed by atoms with E-state index >= 15 is 0 Å². The van der Waals surface area contributed by atoms with Gasteiger partial charge in [-0.15, -0.1) is 0 Å². The molecule has 0 aromatic carbocycles. The fraction of sp³-hybridized carbons (Fsp3) is 1.00. The number of rotatable bonds is 8. The summed E-state index contributed by atoms with van der Waals surface area (Å²) in [6.45, 7) is 7.99. The molecule has 0 aliphatic heterocycles. The second kappa shape index (κ2) is 15.5. The van der Waals surface area contributed by atoms with Gasteiger partial charge in [-0.25, -0.2) is 0 Å². The molecule has 1 radical (unpaired) electrons. The minimum Gasteiger partial charge on any atom is -1.00 e. The second-order valence-corrected chi connectivity index (χ2v) is 5.89. The van der Waals surface area contributed by atoms with E-state index in [1.54, 1.807) is 9.80 Å². The predicted molar refractivity (Wildman–Crippen MR) is 83.2 cm³/mol. The topological polar surface area (TPSA) is 52.6 Å². The molecule has 22 heavy (non-hydrogen) atoms. The Kier molecular flexibility index (Phi) is 21.8. The maximum absolute atomic E-state index is 11.7. The van der Waals surface area contributed by atoms with E-state index in [-0.39, 0.29) is 38.6 Å². The summed E-state index contributed by atoms with van der Waals surface area (Å²) in [4.78, 5) is 3.55. The Morgan fingerprint density at radius 2 is 0.909 bits per heavy atom. The zero-order valence-corrected chi connectivity index (χ0v) is 19.0. The summed E-state index contributed by atoms with van der Waals surface area (Å²) in [5, 5.41) is 23.4. The molecule has 0 heterocycles. The SMILES string of the molecule is CCCC([O-])(CC)N(C)C.CCCC([O-])(CC)N(C)C.[Cl-].[Zr+3]. The average Bonchev–Trinajstić information content (AvgIpc) is 2.39. The summed E-state index contributed by atoms with van der Waals surface area (Å²) >= 11 is 0. The maximum Gasteiger partial charge on any atom is 3.00 e. The molecule has 6 heteroatoms. The van der Waals surface area contributed by atoms with Gasteiger partial charge in [0.1, 0.15) is 0 Å². The molecule has 2 atom stereocenters. The summed E-state index contributed by atoms with van der Waals surface area (Å²) in [6.07, 6.45) is 4.81. The van der Waals surface area contributed by atoms with E-state index in [0.717, 1.165) is 25.7 Å². The van der Waals surface area contributed by atoms with Gasteiger partial charge < -0.3 is 32.4 Å². The van der Waals surface area contributed by atoms with Crippen molar-refractivity contribution < 1.29 is 48.8 Å². The first-order chi connectivity index (χ1) is 9.13. The zero-order valence-electron chi connectivity index (χ0n) is 15.8. The quantitative estimate of drug-likeness (QED) is 0.460. The first-order valence-corrected chi connectivity index (χ1v) is 7.89. The van der Waals surface area contributed by atoms with Crippen LogP contribution in [0, 0.1) is 0 Å². The van der Waals surface area contributed by atoms with Crippen LogP contribution in [-0.2, 0) is 26.2 Å². The molecule has 0 amide bonds. The van der Waals surface area contributed by atoms with Gasteiger partial charge in [-0.05, 0) is 28.2 Å². The maximum atomic E-state index is 11.7. The van der Waals surface area contributed by atoms with E-state index in [2.05, 4.69) is 0 Å². The number of halogens is 1. The van der Waals surface area contributed by atoms with Crippen molar-refractivity contribution in [2.45, 2.75) is 77.7 Å². The van der Waals surface area contributed by atoms with Gasteiger partial charge in [0.05, 0.1) is 0 Å². The zero-order chi connectivity index (χ0) is 16.4. The van der Waals surface area contributed by atoms with Crippen LogP contribution in [0.2, 0.25) is 0 Å². The summed E-state index contributed by atoms with van der Waals surface area (Å²) in [6, 6.07) is 0. The minimum atomic E-state index is -0.825. The van der Waals surface area contributed by atoms with Gasteiger partial charge in [0, 0.05) is 0 Å². The molecule has 0 bridgehead atoms. The van der Waals surface area contributed by atoms with Gasteiger partial charge in [0.15, 0.2) is 0 Å². The van der Waals surface area contributed by atoms with Crippen LogP contribution in [0.1, 0.15) is 66.2 Å². The van der Waals surface area contributed by atoms with Crippen LogP contribution in [0.5, 0.6) is 0 Å². The van der Waals surface area contributed by atoms with Crippen LogP contribution in [0.3, 0.4) is 0 Å². The average molecular weight is 415 g/mol. The Hall–Kier alpha value is 1.01. The molecule has 0 saturated heterocycles. The standard InChI is InChI=1S/2C8H18NO.ClH.Zr/c2*1-5-7-8(10,6-2)9(3)4;;/h2*5-7H2,1-4H3;1H;/q2*-1;;+3/p-1. The molecule has 0 aliphatic carbocycles. The van der Waals surface area contributed by atoms with Crippen molar-refractivity contribution in [3.8, 4) is 0 Å². The van der Waals surface area contributed by atoms with E-state index in [1.165, 1.54) is 0 Å². The third-order valence-electron chi connectivity index (χ3n) is 4.02. The molecule has 133 valence electrons. The molecule has 0 aliphatic rings. The van der Waals surface area contributed by atoms with Crippen molar-refractivity contribution in [3.63, 3.8) is 0 Å². The molecule has 2 unspecified atom stereocenters. The van der Waals surface area contributed by atoms with Crippen LogP contribution in [0.15, 0.2) is 0 Å². The Labute approximate surface area is 164 Å². The van der Waals surface area contributed by atoms with Crippen LogP contribution in [-0.4, -0.2) is 49.4 Å². The Morgan fingerprint density at radius 1 is 0.682 bits per heavy atom. The third-order valence-corrected chi connectivity index (χ3v) is 4.02. The van der Waals surface area contributed by atoms with E-state index in [4.69, 9.17) is 0 Å². The van der Waals surface area contributed by atoms with Crippen LogP contribution in [0.25, 0.3) is 0 Å². The van der Waals surface area contributed by atoms with Crippen molar-refractivity contribution in [2.24, 2.45) is 0 Å². The van der Waals surface area contributed by atoms with Gasteiger partial charge in [-0.1, -0.05) is 77.7 Å². The monoisotopic (exact) mass is 413 g/mol. The van der Waals surface area contributed by atoms with E-state index in [9.17, 15) is 10.2 Å². The first kappa shape index (κ1) is 30.8. The minimum absolute atomic E-state index is 0. The van der Waals surface area contributed by atoms with E-state index in [0.29, 0.717) is 12.8 Å². The van der Waals surface area contributed by atoms with Crippen LogP contribution < -0.4 is 22.6 Å². The van der Waals surface area contributed by atoms with Gasteiger partial charge >= 0.3 is 26.2 Å². The third kappa shape index (κ3) is 11.5. The second-order valence-electron chi connectivity index (χ2n) is 5.89. The van der Waals surface area contributed by atoms with Gasteiger partial charge in [-0.3, -0.25) is 0 Å². The normalized spacial score (nSPS) is 15.8. The molecular formula is C16H36ClN2O2Zr. The van der Waals surface area contributed by atoms with Crippen molar-refractivity contribution in [3.05, 3.63) is 0 Å². The largest absolute Gasteiger partial charge is 3.00 e. The number of hydrogen-bond donors (Lipinski definition) is 0. The van der Waals surface area contributed by atoms with Crippen LogP contribution >= 0.6 is 0 Å². The van der Waals surface area contributed by atoms with Gasteiger partial charge in [0.2, 0.25) is 0 Å². The van der Waals surface area contributed by atoms with E-state index in [1.807, 2.05) is 55.9 Å². The number of nitrogens with zero attached hydrogens (tertiary/aromatic N) is 2. The molecule has 0 rings (SSSR count). The fourth-order valence-electron chi connectivity index (χ4n) is 2.21. The summed E-state index contributed by atoms with van der Waals surface area (Å²) in [5.41, 5.74) is -1.65. The molecule has 0 saturated carbocycles. The predicted octanol–water partition coefficient (Wildman–Crippen LogP) is -1.37. The Morgan fingerprint density at radius 3 is 0.955 bits per heavy atom. The van der Waals surface area contributed by atoms with Crippen molar-refractivity contribution in [2.75, 3.05) is 28.2 Å². The smallest absolute Gasteiger partial charge is 1.00 e. The van der Waals surface area contributed by atoms with Crippen molar-refractivity contribution >= 4 is 0 Å². The summed E-state index contributed by atoms with van der Waals surface area (Å²) in [7, 11) is 7.41. The van der Waals surface area contributed by atoms with Crippen molar-refractivity contribution in [1.82, 2.24) is 9.80 Å². The van der Waals surface area contributed by atoms with Crippen molar-refractivity contribution in [1.29, 1.82) is 0 Å². The number of hydrogen-bond acceptors (Lipinski definition) is 4. The summed E-state index contributed by atoms with van der Waals surface area (Å²) in [5.74, 6) is 0. The fourth-order valence-corrected chi connectivity index (χ4v) is 2.21. The Balaban J connectivity index is -0.000000135. The molecular weight excluding hydrogens is 379 g/mol. The molecule has 4 nitrogen and oxygen atoms in total. The van der Waals surface area contributed by atoms with Gasteiger partial charge in [0.25, 0.3) is 0 Å². The molecule has 0 spiro atoms. The molecule has 0 aromatic heterocycles. The van der Waals surface area contributed by atoms with Crippen LogP contribution in [0.4, 0.5) is 0 Å². The molecule has 0 N–H and O–H groups in total. The molecule has 0 fully saturated rings. The van der Waals surface area contributed by atoms with Gasteiger partial charge in [-0.2, -0.15) is 0 Å². The van der Waals surface area contributed by atoms with E-state index < -0.39 is 11.4 Å². The first-order valence-electron chi connectivity index (χ1n) is 7.89.